The number of amides is 2. The van der Waals surface area contributed by atoms with Crippen LogP contribution in [0.25, 0.3) is 10.9 Å². The van der Waals surface area contributed by atoms with Gasteiger partial charge in [0.1, 0.15) is 5.82 Å². The van der Waals surface area contributed by atoms with Crippen LogP contribution in [0.1, 0.15) is 12.2 Å². The van der Waals surface area contributed by atoms with Crippen LogP contribution in [0, 0.1) is 0 Å². The molecule has 7 heteroatoms. The molecule has 126 valence electrons. The Balaban J connectivity index is 1.61. The van der Waals surface area contributed by atoms with Crippen molar-refractivity contribution >= 4 is 44.2 Å². The molecule has 2 amide bonds. The first-order valence-corrected chi connectivity index (χ1v) is 8.77. The van der Waals surface area contributed by atoms with Crippen LogP contribution in [-0.4, -0.2) is 15.6 Å². The van der Waals surface area contributed by atoms with Crippen LogP contribution in [0.15, 0.2) is 51.7 Å². The van der Waals surface area contributed by atoms with Crippen molar-refractivity contribution < 1.29 is 4.79 Å². The largest absolute Gasteiger partial charge is 0.323 e. The van der Waals surface area contributed by atoms with Crippen molar-refractivity contribution in [2.75, 3.05) is 10.6 Å². The zero-order valence-electron chi connectivity index (χ0n) is 13.3. The highest BCUT2D eigenvalue weighted by Crippen LogP contribution is 2.22. The van der Waals surface area contributed by atoms with Crippen LogP contribution in [0.5, 0.6) is 0 Å². The van der Waals surface area contributed by atoms with E-state index in [1.165, 1.54) is 0 Å². The Kier molecular flexibility index (Phi) is 4.01. The molecule has 0 spiro atoms. The molecule has 2 heterocycles. The van der Waals surface area contributed by atoms with E-state index in [0.717, 1.165) is 23.1 Å². The van der Waals surface area contributed by atoms with Gasteiger partial charge >= 0.3 is 6.03 Å². The summed E-state index contributed by atoms with van der Waals surface area (Å²) in [7, 11) is 0. The van der Waals surface area contributed by atoms with E-state index in [9.17, 15) is 9.59 Å². The van der Waals surface area contributed by atoms with Gasteiger partial charge in [0.15, 0.2) is 0 Å². The lowest BCUT2D eigenvalue weighted by atomic mass is 10.2. The summed E-state index contributed by atoms with van der Waals surface area (Å²) in [6.07, 6.45) is 1.78. The van der Waals surface area contributed by atoms with Gasteiger partial charge in [0.25, 0.3) is 5.56 Å². The number of urea groups is 1. The van der Waals surface area contributed by atoms with Gasteiger partial charge in [0, 0.05) is 23.1 Å². The summed E-state index contributed by atoms with van der Waals surface area (Å²) >= 11 is 3.39. The number of anilines is 2. The molecule has 0 saturated heterocycles. The molecule has 0 saturated carbocycles. The van der Waals surface area contributed by atoms with E-state index in [4.69, 9.17) is 0 Å². The van der Waals surface area contributed by atoms with E-state index >= 15 is 0 Å². The number of rotatable bonds is 2. The number of aromatic nitrogens is 2. The monoisotopic (exact) mass is 398 g/mol. The second-order valence-electron chi connectivity index (χ2n) is 5.88. The molecule has 1 aliphatic heterocycles. The average Bonchev–Trinajstić information content (AvgIpc) is 3.06. The second kappa shape index (κ2) is 6.33. The van der Waals surface area contributed by atoms with Crippen molar-refractivity contribution in [1.29, 1.82) is 0 Å². The van der Waals surface area contributed by atoms with Crippen LogP contribution in [0.2, 0.25) is 0 Å². The third-order valence-electron chi connectivity index (χ3n) is 4.20. The maximum atomic E-state index is 12.6. The molecule has 4 rings (SSSR count). The number of aryl methyl sites for hydroxylation is 1. The first-order valence-electron chi connectivity index (χ1n) is 7.98. The number of hydrogen-bond donors (Lipinski definition) is 2. The zero-order valence-corrected chi connectivity index (χ0v) is 14.8. The van der Waals surface area contributed by atoms with E-state index in [1.54, 1.807) is 28.8 Å². The van der Waals surface area contributed by atoms with Gasteiger partial charge in [-0.2, -0.15) is 0 Å². The number of para-hydroxylation sites is 1. The summed E-state index contributed by atoms with van der Waals surface area (Å²) in [4.78, 5) is 29.3. The van der Waals surface area contributed by atoms with Crippen molar-refractivity contribution in [2.45, 2.75) is 19.4 Å². The van der Waals surface area contributed by atoms with Gasteiger partial charge in [-0.15, -0.1) is 0 Å². The second-order valence-corrected chi connectivity index (χ2v) is 6.73. The zero-order chi connectivity index (χ0) is 17.4. The molecule has 2 N–H and O–H groups in total. The third-order valence-corrected chi connectivity index (χ3v) is 4.89. The van der Waals surface area contributed by atoms with Crippen molar-refractivity contribution in [3.05, 3.63) is 63.1 Å². The summed E-state index contributed by atoms with van der Waals surface area (Å²) in [6.45, 7) is 0.706. The number of halogens is 1. The van der Waals surface area contributed by atoms with Crippen LogP contribution in [0.4, 0.5) is 16.2 Å². The number of carbonyl (C=O) groups is 1. The van der Waals surface area contributed by atoms with E-state index in [2.05, 4.69) is 31.5 Å². The molecule has 3 aromatic rings. The smallest absolute Gasteiger partial charge is 0.308 e. The highest BCUT2D eigenvalue weighted by atomic mass is 79.9. The molecular weight excluding hydrogens is 384 g/mol. The number of benzene rings is 2. The maximum absolute atomic E-state index is 12.6. The predicted molar refractivity (Wildman–Crippen MR) is 101 cm³/mol. The summed E-state index contributed by atoms with van der Waals surface area (Å²) in [5.74, 6) is 0.838. The lowest BCUT2D eigenvalue weighted by molar-refractivity contribution is 0.262. The van der Waals surface area contributed by atoms with Crippen molar-refractivity contribution in [3.63, 3.8) is 0 Å². The highest BCUT2D eigenvalue weighted by Gasteiger charge is 2.16. The first-order chi connectivity index (χ1) is 12.1. The minimum absolute atomic E-state index is 0.0487. The normalized spacial score (nSPS) is 12.8. The molecule has 0 aliphatic carbocycles. The fourth-order valence-corrected chi connectivity index (χ4v) is 3.39. The van der Waals surface area contributed by atoms with Crippen LogP contribution in [0.3, 0.4) is 0 Å². The van der Waals surface area contributed by atoms with Crippen LogP contribution < -0.4 is 16.2 Å². The topological polar surface area (TPSA) is 76.0 Å². The van der Waals surface area contributed by atoms with Gasteiger partial charge in [-0.25, -0.2) is 9.78 Å². The predicted octanol–water partition coefficient (Wildman–Crippen LogP) is 3.75. The average molecular weight is 399 g/mol. The standard InChI is InChI=1S/C18H15BrN4O2/c19-13-4-1-2-5-15(13)22-18(25)20-11-7-8-14-12(10-11)17(24)23-9-3-6-16(23)21-14/h1-2,4-5,7-8,10H,3,6,9H2,(H2,20,22,25). The molecule has 1 aromatic heterocycles. The minimum atomic E-state index is -0.375. The summed E-state index contributed by atoms with van der Waals surface area (Å²) in [5, 5.41) is 6.04. The maximum Gasteiger partial charge on any atom is 0.323 e. The van der Waals surface area contributed by atoms with Crippen molar-refractivity contribution in [1.82, 2.24) is 9.55 Å². The molecule has 0 fully saturated rings. The van der Waals surface area contributed by atoms with Gasteiger partial charge in [0.2, 0.25) is 0 Å². The third kappa shape index (κ3) is 3.02. The van der Waals surface area contributed by atoms with E-state index < -0.39 is 0 Å². The Morgan fingerprint density at radius 3 is 2.84 bits per heavy atom. The minimum Gasteiger partial charge on any atom is -0.308 e. The van der Waals surface area contributed by atoms with Crippen LogP contribution in [-0.2, 0) is 13.0 Å². The van der Waals surface area contributed by atoms with E-state index in [-0.39, 0.29) is 11.6 Å². The summed E-state index contributed by atoms with van der Waals surface area (Å²) in [5.41, 5.74) is 1.83. The van der Waals surface area contributed by atoms with Gasteiger partial charge in [-0.1, -0.05) is 12.1 Å². The molecular formula is C18H15BrN4O2. The molecule has 1 aliphatic rings. The van der Waals surface area contributed by atoms with Gasteiger partial charge in [0.05, 0.1) is 16.6 Å². The molecule has 0 atom stereocenters. The Bertz CT molecular complexity index is 1040. The molecule has 0 unspecified atom stereocenters. The quantitative estimate of drug-likeness (QED) is 0.689. The molecule has 6 nitrogen and oxygen atoms in total. The number of nitrogens with one attached hydrogen (secondary N) is 2. The van der Waals surface area contributed by atoms with Gasteiger partial charge in [-0.05, 0) is 52.7 Å². The Morgan fingerprint density at radius 2 is 2.00 bits per heavy atom. The van der Waals surface area contributed by atoms with Crippen LogP contribution >= 0.6 is 15.9 Å². The molecule has 2 aromatic carbocycles. The fourth-order valence-electron chi connectivity index (χ4n) is 3.01. The van der Waals surface area contributed by atoms with Gasteiger partial charge < -0.3 is 10.6 Å². The van der Waals surface area contributed by atoms with E-state index in [1.807, 2.05) is 18.2 Å². The molecule has 25 heavy (non-hydrogen) atoms. The van der Waals surface area contributed by atoms with Crippen molar-refractivity contribution in [2.24, 2.45) is 0 Å². The lowest BCUT2D eigenvalue weighted by Crippen LogP contribution is -2.22. The summed E-state index contributed by atoms with van der Waals surface area (Å²) < 4.78 is 2.51. The SMILES string of the molecule is O=C(Nc1ccc2nc3n(c(=O)c2c1)CCC3)Nc1ccccc1Br. The fraction of sp³-hybridized carbons (Fsp3) is 0.167. The number of fused-ring (bicyclic) bond motifs is 2. The number of hydrogen-bond acceptors (Lipinski definition) is 3. The lowest BCUT2D eigenvalue weighted by Gasteiger charge is -2.10. The number of nitrogens with zero attached hydrogens (tertiary/aromatic N) is 2. The Morgan fingerprint density at radius 1 is 1.16 bits per heavy atom. The highest BCUT2D eigenvalue weighted by molar-refractivity contribution is 9.10. The molecule has 0 radical (unpaired) electrons. The van der Waals surface area contributed by atoms with Gasteiger partial charge in [-0.3, -0.25) is 9.36 Å². The summed E-state index contributed by atoms with van der Waals surface area (Å²) in [6, 6.07) is 12.2. The molecule has 0 bridgehead atoms. The van der Waals surface area contributed by atoms with Crippen molar-refractivity contribution in [3.8, 4) is 0 Å². The number of carbonyl (C=O) groups excluding carboxylic acids is 1. The Labute approximate surface area is 152 Å². The first kappa shape index (κ1) is 15.8. The van der Waals surface area contributed by atoms with E-state index in [0.29, 0.717) is 28.8 Å². The Hall–Kier alpha value is -2.67.